The second kappa shape index (κ2) is 6.23. The molecule has 0 aromatic carbocycles. The molecule has 0 radical (unpaired) electrons. The Balaban J connectivity index is 1.75. The van der Waals surface area contributed by atoms with Crippen molar-refractivity contribution in [2.24, 2.45) is 5.92 Å². The van der Waals surface area contributed by atoms with Crippen LogP contribution in [0.2, 0.25) is 0 Å². The number of carbonyl (C=O) groups excluding carboxylic acids is 2. The van der Waals surface area contributed by atoms with E-state index in [1.54, 1.807) is 13.2 Å². The first-order chi connectivity index (χ1) is 11.0. The maximum atomic E-state index is 12.6. The van der Waals surface area contributed by atoms with Gasteiger partial charge >= 0.3 is 0 Å². The van der Waals surface area contributed by atoms with Crippen LogP contribution < -0.4 is 5.32 Å². The molecular formula is C16H23N5O2. The molecule has 23 heavy (non-hydrogen) atoms. The SMILES string of the molecule is CNC(=O)[C@@H]1C[C@H]2CN(C(=O)c3cnccn3)C[C@H]2N1C(C)C. The largest absolute Gasteiger partial charge is 0.358 e. The van der Waals surface area contributed by atoms with Gasteiger partial charge in [-0.25, -0.2) is 4.98 Å². The second-order valence-electron chi connectivity index (χ2n) is 6.53. The van der Waals surface area contributed by atoms with E-state index in [0.717, 1.165) is 6.42 Å². The zero-order chi connectivity index (χ0) is 16.6. The quantitative estimate of drug-likeness (QED) is 0.858. The molecule has 3 atom stereocenters. The molecule has 0 unspecified atom stereocenters. The normalized spacial score (nSPS) is 27.3. The number of aromatic nitrogens is 2. The summed E-state index contributed by atoms with van der Waals surface area (Å²) < 4.78 is 0. The number of rotatable bonds is 3. The molecule has 0 spiro atoms. The summed E-state index contributed by atoms with van der Waals surface area (Å²) in [4.78, 5) is 36.9. The van der Waals surface area contributed by atoms with Crippen LogP contribution in [0.3, 0.4) is 0 Å². The second-order valence-corrected chi connectivity index (χ2v) is 6.53. The van der Waals surface area contributed by atoms with Gasteiger partial charge in [0.25, 0.3) is 5.91 Å². The number of nitrogens with zero attached hydrogens (tertiary/aromatic N) is 4. The topological polar surface area (TPSA) is 78.4 Å². The fourth-order valence-corrected chi connectivity index (χ4v) is 3.95. The number of likely N-dealkylation sites (tertiary alicyclic amines) is 2. The molecule has 0 saturated carbocycles. The van der Waals surface area contributed by atoms with E-state index in [9.17, 15) is 9.59 Å². The predicted octanol–water partition coefficient (Wildman–Crippen LogP) is 0.146. The monoisotopic (exact) mass is 317 g/mol. The van der Waals surface area contributed by atoms with Gasteiger partial charge < -0.3 is 10.2 Å². The average Bonchev–Trinajstić information content (AvgIpc) is 3.11. The van der Waals surface area contributed by atoms with E-state index in [4.69, 9.17) is 0 Å². The van der Waals surface area contributed by atoms with E-state index in [-0.39, 0.29) is 29.9 Å². The highest BCUT2D eigenvalue weighted by Gasteiger charge is 2.50. The maximum Gasteiger partial charge on any atom is 0.274 e. The lowest BCUT2D eigenvalue weighted by Crippen LogP contribution is -2.50. The van der Waals surface area contributed by atoms with E-state index >= 15 is 0 Å². The molecule has 2 fully saturated rings. The molecule has 2 saturated heterocycles. The van der Waals surface area contributed by atoms with Crippen LogP contribution in [0.25, 0.3) is 0 Å². The molecule has 2 aliphatic rings. The molecular weight excluding hydrogens is 294 g/mol. The maximum absolute atomic E-state index is 12.6. The van der Waals surface area contributed by atoms with Gasteiger partial charge in [0.15, 0.2) is 0 Å². The highest BCUT2D eigenvalue weighted by molar-refractivity contribution is 5.92. The van der Waals surface area contributed by atoms with Gasteiger partial charge in [0, 0.05) is 44.6 Å². The van der Waals surface area contributed by atoms with Gasteiger partial charge in [0.05, 0.1) is 12.2 Å². The molecule has 0 aliphatic carbocycles. The smallest absolute Gasteiger partial charge is 0.274 e. The molecule has 3 heterocycles. The summed E-state index contributed by atoms with van der Waals surface area (Å²) in [6.07, 6.45) is 5.40. The van der Waals surface area contributed by atoms with E-state index < -0.39 is 0 Å². The van der Waals surface area contributed by atoms with Crippen molar-refractivity contribution in [3.05, 3.63) is 24.3 Å². The number of amides is 2. The summed E-state index contributed by atoms with van der Waals surface area (Å²) in [7, 11) is 1.68. The van der Waals surface area contributed by atoms with Crippen molar-refractivity contribution < 1.29 is 9.59 Å². The van der Waals surface area contributed by atoms with Crippen LogP contribution in [0.15, 0.2) is 18.6 Å². The number of hydrogen-bond donors (Lipinski definition) is 1. The van der Waals surface area contributed by atoms with Crippen LogP contribution in [-0.2, 0) is 4.79 Å². The van der Waals surface area contributed by atoms with Gasteiger partial charge in [-0.15, -0.1) is 0 Å². The van der Waals surface area contributed by atoms with Crippen LogP contribution in [-0.4, -0.2) is 69.8 Å². The molecule has 1 aromatic rings. The van der Waals surface area contributed by atoms with E-state index in [1.807, 2.05) is 4.90 Å². The van der Waals surface area contributed by atoms with E-state index in [2.05, 4.69) is 34.0 Å². The molecule has 7 heteroatoms. The third kappa shape index (κ3) is 2.81. The first-order valence-corrected chi connectivity index (χ1v) is 8.07. The third-order valence-electron chi connectivity index (χ3n) is 4.89. The standard InChI is InChI=1S/C16H23N5O2/c1-10(2)21-13(15(22)17-3)6-11-8-20(9-14(11)21)16(23)12-7-18-4-5-19-12/h4-5,7,10-11,13-14H,6,8-9H2,1-3H3,(H,17,22)/t11-,13-,14+/m0/s1. The Hall–Kier alpha value is -2.02. The molecule has 3 rings (SSSR count). The first kappa shape index (κ1) is 15.9. The fraction of sp³-hybridized carbons (Fsp3) is 0.625. The van der Waals surface area contributed by atoms with Gasteiger partial charge in [-0.1, -0.05) is 0 Å². The van der Waals surface area contributed by atoms with Crippen LogP contribution in [0.4, 0.5) is 0 Å². The van der Waals surface area contributed by atoms with Crippen LogP contribution in [0, 0.1) is 5.92 Å². The molecule has 2 aliphatic heterocycles. The lowest BCUT2D eigenvalue weighted by atomic mass is 10.0. The summed E-state index contributed by atoms with van der Waals surface area (Å²) >= 11 is 0. The van der Waals surface area contributed by atoms with Crippen molar-refractivity contribution in [1.29, 1.82) is 0 Å². The molecule has 1 aromatic heterocycles. The highest BCUT2D eigenvalue weighted by atomic mass is 16.2. The fourth-order valence-electron chi connectivity index (χ4n) is 3.95. The van der Waals surface area contributed by atoms with Gasteiger partial charge in [0.2, 0.25) is 5.91 Å². The van der Waals surface area contributed by atoms with Gasteiger partial charge in [-0.3, -0.25) is 19.5 Å². The van der Waals surface area contributed by atoms with Gasteiger partial charge in [-0.05, 0) is 26.2 Å². The Labute approximate surface area is 136 Å². The summed E-state index contributed by atoms with van der Waals surface area (Å²) in [6, 6.07) is 0.403. The van der Waals surface area contributed by atoms with Crippen LogP contribution in [0.5, 0.6) is 0 Å². The molecule has 7 nitrogen and oxygen atoms in total. The van der Waals surface area contributed by atoms with Gasteiger partial charge in [0.1, 0.15) is 5.69 Å². The molecule has 124 valence electrons. The van der Waals surface area contributed by atoms with Crippen molar-refractivity contribution >= 4 is 11.8 Å². The molecule has 0 bridgehead atoms. The minimum atomic E-state index is -0.0937. The van der Waals surface area contributed by atoms with Crippen LogP contribution >= 0.6 is 0 Å². The average molecular weight is 317 g/mol. The lowest BCUT2D eigenvalue weighted by Gasteiger charge is -2.33. The van der Waals surface area contributed by atoms with Crippen molar-refractivity contribution in [1.82, 2.24) is 25.1 Å². The lowest BCUT2D eigenvalue weighted by molar-refractivity contribution is -0.126. The Bertz CT molecular complexity index is 591. The summed E-state index contributed by atoms with van der Waals surface area (Å²) in [5.41, 5.74) is 0.381. The van der Waals surface area contributed by atoms with E-state index in [1.165, 1.54) is 12.4 Å². The Kier molecular flexibility index (Phi) is 4.30. The van der Waals surface area contributed by atoms with Crippen LogP contribution in [0.1, 0.15) is 30.8 Å². The minimum absolute atomic E-state index is 0.0694. The molecule has 1 N–H and O–H groups in total. The Morgan fingerprint density at radius 2 is 2.09 bits per heavy atom. The van der Waals surface area contributed by atoms with Crippen molar-refractivity contribution in [2.75, 3.05) is 20.1 Å². The first-order valence-electron chi connectivity index (χ1n) is 8.07. The number of fused-ring (bicyclic) bond motifs is 1. The number of likely N-dealkylation sites (N-methyl/N-ethyl adjacent to an activating group) is 1. The summed E-state index contributed by atoms with van der Waals surface area (Å²) in [5, 5.41) is 2.76. The van der Waals surface area contributed by atoms with E-state index in [0.29, 0.717) is 24.7 Å². The zero-order valence-electron chi connectivity index (χ0n) is 13.8. The summed E-state index contributed by atoms with van der Waals surface area (Å²) in [6.45, 7) is 5.53. The highest BCUT2D eigenvalue weighted by Crippen LogP contribution is 2.37. The third-order valence-corrected chi connectivity index (χ3v) is 4.89. The Morgan fingerprint density at radius 1 is 1.30 bits per heavy atom. The number of nitrogens with one attached hydrogen (secondary N) is 1. The predicted molar refractivity (Wildman–Crippen MR) is 84.7 cm³/mol. The van der Waals surface area contributed by atoms with Crippen molar-refractivity contribution in [3.63, 3.8) is 0 Å². The van der Waals surface area contributed by atoms with Gasteiger partial charge in [-0.2, -0.15) is 0 Å². The zero-order valence-corrected chi connectivity index (χ0v) is 13.8. The minimum Gasteiger partial charge on any atom is -0.358 e. The van der Waals surface area contributed by atoms with Crippen molar-refractivity contribution in [3.8, 4) is 0 Å². The number of hydrogen-bond acceptors (Lipinski definition) is 5. The molecule has 2 amide bonds. The summed E-state index contributed by atoms with van der Waals surface area (Å²) in [5.74, 6) is 0.327. The number of carbonyl (C=O) groups is 2. The Morgan fingerprint density at radius 3 is 2.70 bits per heavy atom. The van der Waals surface area contributed by atoms with Crippen molar-refractivity contribution in [2.45, 2.75) is 38.4 Å².